The lowest BCUT2D eigenvalue weighted by Gasteiger charge is -2.11. The minimum atomic E-state index is -0.666. The summed E-state index contributed by atoms with van der Waals surface area (Å²) in [5, 5.41) is 3.27. The molecule has 1 N–H and O–H groups in total. The van der Waals surface area contributed by atoms with Crippen LogP contribution in [-0.4, -0.2) is 40.8 Å². The van der Waals surface area contributed by atoms with Crippen LogP contribution in [0.15, 0.2) is 35.6 Å². The summed E-state index contributed by atoms with van der Waals surface area (Å²) in [6.07, 6.45) is 4.06. The van der Waals surface area contributed by atoms with Gasteiger partial charge in [0, 0.05) is 12.2 Å². The van der Waals surface area contributed by atoms with E-state index in [2.05, 4.69) is 24.1 Å². The van der Waals surface area contributed by atoms with Crippen LogP contribution in [-0.2, 0) is 9.53 Å². The molecule has 2 rings (SSSR count). The van der Waals surface area contributed by atoms with Gasteiger partial charge in [-0.1, -0.05) is 25.6 Å². The summed E-state index contributed by atoms with van der Waals surface area (Å²) in [6, 6.07) is 5.70. The van der Waals surface area contributed by atoms with Crippen LogP contribution in [0, 0.1) is 11.7 Å². The first-order valence-electron chi connectivity index (χ1n) is 8.24. The fourth-order valence-corrected chi connectivity index (χ4v) is 2.76. The number of aromatic nitrogens is 2. The molecule has 1 amide bonds. The molecule has 140 valence electrons. The van der Waals surface area contributed by atoms with Gasteiger partial charge in [-0.05, 0) is 42.9 Å². The molecule has 1 aromatic heterocycles. The third-order valence-electron chi connectivity index (χ3n) is 3.58. The lowest BCUT2D eigenvalue weighted by Crippen LogP contribution is -2.30. The second kappa shape index (κ2) is 9.38. The molecule has 0 saturated carbocycles. The number of benzene rings is 1. The summed E-state index contributed by atoms with van der Waals surface area (Å²) < 4.78 is 19.8. The van der Waals surface area contributed by atoms with E-state index in [0.29, 0.717) is 23.3 Å². The van der Waals surface area contributed by atoms with Crippen molar-refractivity contribution in [1.29, 1.82) is 0 Å². The smallest absolute Gasteiger partial charge is 0.357 e. The van der Waals surface area contributed by atoms with E-state index in [4.69, 9.17) is 4.74 Å². The fraction of sp³-hybridized carbons (Fsp3) is 0.389. The van der Waals surface area contributed by atoms with Crippen molar-refractivity contribution in [2.45, 2.75) is 25.4 Å². The van der Waals surface area contributed by atoms with Crippen LogP contribution in [0.1, 0.15) is 30.8 Å². The van der Waals surface area contributed by atoms with Gasteiger partial charge in [-0.15, -0.1) is 0 Å². The van der Waals surface area contributed by atoms with Crippen LogP contribution in [0.3, 0.4) is 0 Å². The molecule has 0 aliphatic rings. The van der Waals surface area contributed by atoms with Crippen LogP contribution in [0.4, 0.5) is 4.39 Å². The van der Waals surface area contributed by atoms with Crippen LogP contribution in [0.5, 0.6) is 0 Å². The average molecular weight is 379 g/mol. The van der Waals surface area contributed by atoms with Crippen molar-refractivity contribution in [1.82, 2.24) is 14.9 Å². The number of nitrogens with one attached hydrogen (secondary N) is 1. The van der Waals surface area contributed by atoms with Crippen LogP contribution in [0.25, 0.3) is 5.69 Å². The molecule has 26 heavy (non-hydrogen) atoms. The molecule has 0 bridgehead atoms. The summed E-state index contributed by atoms with van der Waals surface area (Å²) in [5.74, 6) is -0.910. The Balaban J connectivity index is 2.06. The number of carbonyl (C=O) groups is 2. The maximum Gasteiger partial charge on any atom is 0.357 e. The molecule has 1 aromatic carbocycles. The Hall–Kier alpha value is -2.35. The highest BCUT2D eigenvalue weighted by Crippen LogP contribution is 2.22. The quantitative estimate of drug-likeness (QED) is 0.564. The molecule has 0 radical (unpaired) electrons. The largest absolute Gasteiger partial charge is 0.451 e. The van der Waals surface area contributed by atoms with Crippen molar-refractivity contribution in [3.05, 3.63) is 42.0 Å². The number of hydrogen-bond acceptors (Lipinski definition) is 5. The van der Waals surface area contributed by atoms with E-state index in [-0.39, 0.29) is 24.0 Å². The number of esters is 1. The van der Waals surface area contributed by atoms with Crippen LogP contribution >= 0.6 is 11.8 Å². The number of amides is 1. The van der Waals surface area contributed by atoms with Crippen molar-refractivity contribution in [3.8, 4) is 5.69 Å². The number of imidazole rings is 1. The van der Waals surface area contributed by atoms with Gasteiger partial charge in [0.2, 0.25) is 0 Å². The third-order valence-corrected chi connectivity index (χ3v) is 4.24. The van der Waals surface area contributed by atoms with E-state index in [0.717, 1.165) is 6.42 Å². The van der Waals surface area contributed by atoms with E-state index in [1.54, 1.807) is 16.7 Å². The standard InChI is InChI=1S/C18H22FN3O3S/c1-12(2)8-9-20-16(23)11-25-17(24)15-10-21-18(26-3)22(15)14-6-4-13(19)5-7-14/h4-7,10,12H,8-9,11H2,1-3H3,(H,20,23). The molecule has 2 aromatic rings. The van der Waals surface area contributed by atoms with Crippen LogP contribution < -0.4 is 5.32 Å². The molecule has 0 saturated heterocycles. The number of hydrogen-bond donors (Lipinski definition) is 1. The first-order chi connectivity index (χ1) is 12.4. The molecular weight excluding hydrogens is 357 g/mol. The van der Waals surface area contributed by atoms with E-state index in [1.165, 1.54) is 30.1 Å². The second-order valence-electron chi connectivity index (χ2n) is 6.05. The zero-order valence-corrected chi connectivity index (χ0v) is 15.8. The molecule has 6 nitrogen and oxygen atoms in total. The van der Waals surface area contributed by atoms with Gasteiger partial charge >= 0.3 is 5.97 Å². The lowest BCUT2D eigenvalue weighted by atomic mass is 10.1. The molecular formula is C18H22FN3O3S. The number of carbonyl (C=O) groups excluding carboxylic acids is 2. The van der Waals surface area contributed by atoms with Gasteiger partial charge in [0.05, 0.1) is 6.20 Å². The zero-order chi connectivity index (χ0) is 19.1. The van der Waals surface area contributed by atoms with Gasteiger partial charge in [0.25, 0.3) is 5.91 Å². The molecule has 0 spiro atoms. The predicted molar refractivity (Wildman–Crippen MR) is 98.1 cm³/mol. The number of ether oxygens (including phenoxy) is 1. The van der Waals surface area contributed by atoms with Crippen molar-refractivity contribution < 1.29 is 18.7 Å². The Morgan fingerprint density at radius 1 is 1.31 bits per heavy atom. The highest BCUT2D eigenvalue weighted by atomic mass is 32.2. The summed E-state index contributed by atoms with van der Waals surface area (Å²) in [4.78, 5) is 28.3. The summed E-state index contributed by atoms with van der Waals surface area (Å²) >= 11 is 1.34. The first kappa shape index (κ1) is 20.0. The lowest BCUT2D eigenvalue weighted by molar-refractivity contribution is -0.124. The van der Waals surface area contributed by atoms with Crippen molar-refractivity contribution in [2.75, 3.05) is 19.4 Å². The number of rotatable bonds is 8. The number of thioether (sulfide) groups is 1. The Bertz CT molecular complexity index is 760. The van der Waals surface area contributed by atoms with Crippen LogP contribution in [0.2, 0.25) is 0 Å². The van der Waals surface area contributed by atoms with Crippen molar-refractivity contribution >= 4 is 23.6 Å². The van der Waals surface area contributed by atoms with Gasteiger partial charge in [0.1, 0.15) is 5.82 Å². The molecule has 8 heteroatoms. The normalized spacial score (nSPS) is 10.8. The second-order valence-corrected chi connectivity index (χ2v) is 6.82. The number of halogens is 1. The maximum absolute atomic E-state index is 13.2. The SMILES string of the molecule is CSc1ncc(C(=O)OCC(=O)NCCC(C)C)n1-c1ccc(F)cc1. The van der Waals surface area contributed by atoms with Gasteiger partial charge in [0.15, 0.2) is 17.5 Å². The fourth-order valence-electron chi connectivity index (χ4n) is 2.22. The third kappa shape index (κ3) is 5.32. The predicted octanol–water partition coefficient (Wildman–Crippen LogP) is 3.05. The molecule has 0 fully saturated rings. The minimum absolute atomic E-state index is 0.177. The highest BCUT2D eigenvalue weighted by molar-refractivity contribution is 7.98. The van der Waals surface area contributed by atoms with E-state index in [1.807, 2.05) is 6.26 Å². The Kier molecular flexibility index (Phi) is 7.20. The molecule has 0 aliphatic carbocycles. The summed E-state index contributed by atoms with van der Waals surface area (Å²) in [7, 11) is 0. The van der Waals surface area contributed by atoms with Crippen molar-refractivity contribution in [2.24, 2.45) is 5.92 Å². The van der Waals surface area contributed by atoms with Gasteiger partial charge in [-0.3, -0.25) is 9.36 Å². The van der Waals surface area contributed by atoms with E-state index >= 15 is 0 Å². The number of nitrogens with zero attached hydrogens (tertiary/aromatic N) is 2. The van der Waals surface area contributed by atoms with Crippen molar-refractivity contribution in [3.63, 3.8) is 0 Å². The highest BCUT2D eigenvalue weighted by Gasteiger charge is 2.20. The monoisotopic (exact) mass is 379 g/mol. The van der Waals surface area contributed by atoms with Gasteiger partial charge in [-0.25, -0.2) is 14.2 Å². The Morgan fingerprint density at radius 2 is 2.00 bits per heavy atom. The summed E-state index contributed by atoms with van der Waals surface area (Å²) in [5.41, 5.74) is 0.762. The van der Waals surface area contributed by atoms with E-state index < -0.39 is 5.97 Å². The molecule has 0 unspecified atom stereocenters. The minimum Gasteiger partial charge on any atom is -0.451 e. The Morgan fingerprint density at radius 3 is 2.62 bits per heavy atom. The zero-order valence-electron chi connectivity index (χ0n) is 15.0. The Labute approximate surface area is 156 Å². The van der Waals surface area contributed by atoms with Gasteiger partial charge < -0.3 is 10.1 Å². The molecule has 0 atom stereocenters. The maximum atomic E-state index is 13.2. The van der Waals surface area contributed by atoms with E-state index in [9.17, 15) is 14.0 Å². The first-order valence-corrected chi connectivity index (χ1v) is 9.46. The van der Waals surface area contributed by atoms with Gasteiger partial charge in [-0.2, -0.15) is 0 Å². The molecule has 0 aliphatic heterocycles. The topological polar surface area (TPSA) is 73.2 Å². The molecule has 1 heterocycles. The average Bonchev–Trinajstić information content (AvgIpc) is 3.04. The summed E-state index contributed by atoms with van der Waals surface area (Å²) in [6.45, 7) is 4.30.